The molecule has 1 amide bonds. The third kappa shape index (κ3) is 4.39. The van der Waals surface area contributed by atoms with Crippen LogP contribution in [0, 0.1) is 11.3 Å². The third-order valence-corrected chi connectivity index (χ3v) is 4.75. The molecule has 25 heavy (non-hydrogen) atoms. The maximum Gasteiger partial charge on any atom is 0.227 e. The fraction of sp³-hybridized carbons (Fsp3) is 0.300. The van der Waals surface area contributed by atoms with Gasteiger partial charge in [-0.3, -0.25) is 9.69 Å². The van der Waals surface area contributed by atoms with Crippen LogP contribution >= 0.6 is 11.6 Å². The second-order valence-corrected chi connectivity index (χ2v) is 6.60. The van der Waals surface area contributed by atoms with Crippen LogP contribution in [0.3, 0.4) is 0 Å². The van der Waals surface area contributed by atoms with Gasteiger partial charge in [0, 0.05) is 31.2 Å². The topological polar surface area (TPSA) is 47.3 Å². The first-order valence-corrected chi connectivity index (χ1v) is 8.76. The van der Waals surface area contributed by atoms with Crippen LogP contribution in [0.5, 0.6) is 0 Å². The molecular formula is C20H20ClN3O. The second-order valence-electron chi connectivity index (χ2n) is 6.17. The Kier molecular flexibility index (Phi) is 5.70. The minimum absolute atomic E-state index is 0.141. The third-order valence-electron chi connectivity index (χ3n) is 4.52. The Balaban J connectivity index is 1.59. The highest BCUT2D eigenvalue weighted by Crippen LogP contribution is 2.24. The van der Waals surface area contributed by atoms with Gasteiger partial charge in [0.25, 0.3) is 0 Å². The molecule has 1 aliphatic heterocycles. The fourth-order valence-electron chi connectivity index (χ4n) is 3.16. The molecule has 0 aromatic heterocycles. The van der Waals surface area contributed by atoms with E-state index in [0.717, 1.165) is 11.1 Å². The first-order valence-electron chi connectivity index (χ1n) is 8.38. The number of nitrogens with zero attached hydrogens (tertiary/aromatic N) is 3. The molecule has 2 aromatic carbocycles. The molecule has 0 N–H and O–H groups in total. The molecule has 5 heteroatoms. The normalized spacial score (nSPS) is 16.2. The molecule has 2 aromatic rings. The molecule has 0 saturated carbocycles. The number of hydrogen-bond acceptors (Lipinski definition) is 3. The van der Waals surface area contributed by atoms with E-state index in [9.17, 15) is 10.1 Å². The van der Waals surface area contributed by atoms with Crippen LogP contribution in [-0.2, 0) is 11.2 Å². The van der Waals surface area contributed by atoms with E-state index in [1.807, 2.05) is 53.4 Å². The van der Waals surface area contributed by atoms with Crippen molar-refractivity contribution < 1.29 is 4.79 Å². The van der Waals surface area contributed by atoms with Crippen molar-refractivity contribution >= 4 is 17.5 Å². The number of rotatable bonds is 4. The van der Waals surface area contributed by atoms with Gasteiger partial charge in [-0.05, 0) is 23.3 Å². The van der Waals surface area contributed by atoms with Crippen molar-refractivity contribution in [2.24, 2.45) is 0 Å². The summed E-state index contributed by atoms with van der Waals surface area (Å²) in [6.45, 7) is 2.66. The molecule has 0 radical (unpaired) electrons. The molecule has 1 atom stereocenters. The van der Waals surface area contributed by atoms with Gasteiger partial charge in [-0.25, -0.2) is 0 Å². The molecule has 3 rings (SSSR count). The highest BCUT2D eigenvalue weighted by Gasteiger charge is 2.27. The van der Waals surface area contributed by atoms with Crippen LogP contribution in [0.15, 0.2) is 54.6 Å². The smallest absolute Gasteiger partial charge is 0.227 e. The molecule has 1 heterocycles. The second kappa shape index (κ2) is 8.15. The summed E-state index contributed by atoms with van der Waals surface area (Å²) in [5.74, 6) is 0.141. The maximum absolute atomic E-state index is 12.5. The summed E-state index contributed by atoms with van der Waals surface area (Å²) in [6.07, 6.45) is 0.427. The van der Waals surface area contributed by atoms with Gasteiger partial charge in [-0.15, -0.1) is 0 Å². The first kappa shape index (κ1) is 17.5. The molecule has 0 bridgehead atoms. The number of halogens is 1. The number of carbonyl (C=O) groups is 1. The van der Waals surface area contributed by atoms with E-state index in [1.165, 1.54) is 0 Å². The Bertz CT molecular complexity index is 764. The summed E-state index contributed by atoms with van der Waals surface area (Å²) in [5.41, 5.74) is 1.93. The summed E-state index contributed by atoms with van der Waals surface area (Å²) >= 11 is 6.05. The standard InChI is InChI=1S/C20H20ClN3O/c21-18-8-4-7-17(14-18)19(15-22)23-9-11-24(12-10-23)20(25)13-16-5-2-1-3-6-16/h1-8,14,19H,9-13H2. The average Bonchev–Trinajstić information content (AvgIpc) is 2.64. The summed E-state index contributed by atoms with van der Waals surface area (Å²) in [7, 11) is 0. The lowest BCUT2D eigenvalue weighted by atomic mass is 10.1. The summed E-state index contributed by atoms with van der Waals surface area (Å²) in [4.78, 5) is 16.4. The maximum atomic E-state index is 12.5. The van der Waals surface area contributed by atoms with Crippen LogP contribution in [0.1, 0.15) is 17.2 Å². The number of benzene rings is 2. The lowest BCUT2D eigenvalue weighted by Gasteiger charge is -2.37. The monoisotopic (exact) mass is 353 g/mol. The molecule has 4 nitrogen and oxygen atoms in total. The van der Waals surface area contributed by atoms with Gasteiger partial charge in [0.15, 0.2) is 0 Å². The lowest BCUT2D eigenvalue weighted by molar-refractivity contribution is -0.132. The van der Waals surface area contributed by atoms with Crippen molar-refractivity contribution in [1.29, 1.82) is 5.26 Å². The largest absolute Gasteiger partial charge is 0.340 e. The molecule has 1 fully saturated rings. The Hall–Kier alpha value is -2.35. The van der Waals surface area contributed by atoms with Gasteiger partial charge in [0.2, 0.25) is 5.91 Å². The molecule has 1 aliphatic rings. The van der Waals surface area contributed by atoms with Gasteiger partial charge in [0.1, 0.15) is 6.04 Å². The van der Waals surface area contributed by atoms with E-state index in [2.05, 4.69) is 11.0 Å². The summed E-state index contributed by atoms with van der Waals surface area (Å²) < 4.78 is 0. The molecule has 1 saturated heterocycles. The van der Waals surface area contributed by atoms with E-state index in [0.29, 0.717) is 37.6 Å². The SMILES string of the molecule is N#CC(c1cccc(Cl)c1)N1CCN(C(=O)Cc2ccccc2)CC1. The van der Waals surface area contributed by atoms with Crippen molar-refractivity contribution in [2.75, 3.05) is 26.2 Å². The van der Waals surface area contributed by atoms with Crippen molar-refractivity contribution in [1.82, 2.24) is 9.80 Å². The highest BCUT2D eigenvalue weighted by atomic mass is 35.5. The van der Waals surface area contributed by atoms with Crippen molar-refractivity contribution in [3.63, 3.8) is 0 Å². The van der Waals surface area contributed by atoms with Crippen LogP contribution in [-0.4, -0.2) is 41.9 Å². The molecule has 128 valence electrons. The van der Waals surface area contributed by atoms with E-state index in [-0.39, 0.29) is 11.9 Å². The average molecular weight is 354 g/mol. The predicted molar refractivity (Wildman–Crippen MR) is 98.1 cm³/mol. The number of hydrogen-bond donors (Lipinski definition) is 0. The molecule has 0 spiro atoms. The summed E-state index contributed by atoms with van der Waals surface area (Å²) in [6, 6.07) is 19.2. The number of carbonyl (C=O) groups excluding carboxylic acids is 1. The first-order chi connectivity index (χ1) is 12.2. The fourth-order valence-corrected chi connectivity index (χ4v) is 3.35. The lowest BCUT2D eigenvalue weighted by Crippen LogP contribution is -2.49. The van der Waals surface area contributed by atoms with Crippen molar-refractivity contribution in [3.05, 3.63) is 70.7 Å². The summed E-state index contributed by atoms with van der Waals surface area (Å²) in [5, 5.41) is 10.2. The zero-order valence-electron chi connectivity index (χ0n) is 13.9. The van der Waals surface area contributed by atoms with Crippen molar-refractivity contribution in [2.45, 2.75) is 12.5 Å². The molecular weight excluding hydrogens is 334 g/mol. The molecule has 1 unspecified atom stereocenters. The number of amides is 1. The van der Waals surface area contributed by atoms with Gasteiger partial charge in [-0.2, -0.15) is 5.26 Å². The minimum atomic E-state index is -0.329. The van der Waals surface area contributed by atoms with Gasteiger partial charge in [-0.1, -0.05) is 54.1 Å². The van der Waals surface area contributed by atoms with E-state index in [1.54, 1.807) is 6.07 Å². The van der Waals surface area contributed by atoms with Crippen LogP contribution in [0.2, 0.25) is 5.02 Å². The Labute approximate surface area is 153 Å². The number of nitriles is 1. The van der Waals surface area contributed by atoms with Gasteiger partial charge in [0.05, 0.1) is 12.5 Å². The highest BCUT2D eigenvalue weighted by molar-refractivity contribution is 6.30. The quantitative estimate of drug-likeness (QED) is 0.847. The molecule has 0 aliphatic carbocycles. The number of piperazine rings is 1. The van der Waals surface area contributed by atoms with E-state index in [4.69, 9.17) is 11.6 Å². The predicted octanol–water partition coefficient (Wildman–Crippen LogP) is 3.29. The Morgan fingerprint density at radius 1 is 1.08 bits per heavy atom. The Morgan fingerprint density at radius 2 is 1.80 bits per heavy atom. The van der Waals surface area contributed by atoms with E-state index >= 15 is 0 Å². The van der Waals surface area contributed by atoms with Crippen LogP contribution < -0.4 is 0 Å². The zero-order valence-corrected chi connectivity index (χ0v) is 14.7. The van der Waals surface area contributed by atoms with Gasteiger partial charge >= 0.3 is 0 Å². The van der Waals surface area contributed by atoms with Crippen LogP contribution in [0.4, 0.5) is 0 Å². The van der Waals surface area contributed by atoms with Crippen molar-refractivity contribution in [3.8, 4) is 6.07 Å². The minimum Gasteiger partial charge on any atom is -0.340 e. The zero-order chi connectivity index (χ0) is 17.6. The van der Waals surface area contributed by atoms with E-state index < -0.39 is 0 Å². The van der Waals surface area contributed by atoms with Crippen LogP contribution in [0.25, 0.3) is 0 Å². The Morgan fingerprint density at radius 3 is 2.44 bits per heavy atom. The van der Waals surface area contributed by atoms with Gasteiger partial charge < -0.3 is 4.90 Å².